The van der Waals surface area contributed by atoms with Crippen LogP contribution in [0.5, 0.6) is 0 Å². The summed E-state index contributed by atoms with van der Waals surface area (Å²) in [4.78, 5) is 0. The quantitative estimate of drug-likeness (QED) is 0.629. The van der Waals surface area contributed by atoms with Gasteiger partial charge in [0.15, 0.2) is 0 Å². The lowest BCUT2D eigenvalue weighted by molar-refractivity contribution is -0.116. The maximum absolute atomic E-state index is 9.26. The predicted octanol–water partition coefficient (Wildman–Crippen LogP) is 5.80. The second kappa shape index (κ2) is 8.15. The predicted molar refractivity (Wildman–Crippen MR) is 116 cm³/mol. The standard InChI is InChI=1S/C24H43NO.ClH/c1-16(5-4-14-26)20-8-9-21-19-7-6-17-15-18(25)10-12-23(17,2)22(19)11-13-24(20,21)3;/h16-22,26H,4-15,25H2,1-3H3;1H/t16-,17-,18+,19+,20-,21+,22+,23+,24-;/m1./s1. The average molecular weight is 398 g/mol. The van der Waals surface area contributed by atoms with Crippen LogP contribution in [0.25, 0.3) is 0 Å². The molecule has 0 saturated heterocycles. The molecule has 158 valence electrons. The Kier molecular flexibility index (Phi) is 6.61. The van der Waals surface area contributed by atoms with E-state index in [1.807, 2.05) is 0 Å². The van der Waals surface area contributed by atoms with E-state index in [9.17, 15) is 5.11 Å². The van der Waals surface area contributed by atoms with Crippen molar-refractivity contribution >= 4 is 12.4 Å². The largest absolute Gasteiger partial charge is 0.396 e. The second-order valence-electron chi connectivity index (χ2n) is 11.3. The van der Waals surface area contributed by atoms with Crippen LogP contribution in [0.4, 0.5) is 0 Å². The molecule has 0 unspecified atom stereocenters. The molecule has 0 aromatic heterocycles. The summed E-state index contributed by atoms with van der Waals surface area (Å²) >= 11 is 0. The van der Waals surface area contributed by atoms with Crippen LogP contribution in [0.3, 0.4) is 0 Å². The van der Waals surface area contributed by atoms with Crippen molar-refractivity contribution in [3.8, 4) is 0 Å². The van der Waals surface area contributed by atoms with Gasteiger partial charge in [-0.25, -0.2) is 0 Å². The summed E-state index contributed by atoms with van der Waals surface area (Å²) in [6.45, 7) is 8.15. The molecular formula is C24H44ClNO. The Balaban J connectivity index is 0.00000210. The van der Waals surface area contributed by atoms with E-state index >= 15 is 0 Å². The van der Waals surface area contributed by atoms with Gasteiger partial charge in [-0.2, -0.15) is 0 Å². The van der Waals surface area contributed by atoms with E-state index in [0.29, 0.717) is 23.5 Å². The highest BCUT2D eigenvalue weighted by Crippen LogP contribution is 2.68. The van der Waals surface area contributed by atoms with Gasteiger partial charge in [0.2, 0.25) is 0 Å². The average Bonchev–Trinajstić information content (AvgIpc) is 2.97. The molecule has 9 atom stereocenters. The molecule has 4 rings (SSSR count). The minimum atomic E-state index is 0. The van der Waals surface area contributed by atoms with Crippen molar-refractivity contribution < 1.29 is 5.11 Å². The molecule has 4 aliphatic carbocycles. The van der Waals surface area contributed by atoms with E-state index in [-0.39, 0.29) is 12.4 Å². The van der Waals surface area contributed by atoms with Crippen molar-refractivity contribution in [3.63, 3.8) is 0 Å². The zero-order chi connectivity index (χ0) is 18.5. The molecule has 0 bridgehead atoms. The van der Waals surface area contributed by atoms with Crippen molar-refractivity contribution in [2.75, 3.05) is 6.61 Å². The van der Waals surface area contributed by atoms with Gasteiger partial charge in [0.05, 0.1) is 0 Å². The first-order chi connectivity index (χ1) is 12.4. The summed E-state index contributed by atoms with van der Waals surface area (Å²) in [6, 6.07) is 0.474. The fourth-order valence-electron chi connectivity index (χ4n) is 8.88. The number of fused-ring (bicyclic) bond motifs is 5. The van der Waals surface area contributed by atoms with Gasteiger partial charge < -0.3 is 10.8 Å². The van der Waals surface area contributed by atoms with Crippen LogP contribution < -0.4 is 5.73 Å². The first-order valence-corrected chi connectivity index (χ1v) is 11.8. The van der Waals surface area contributed by atoms with Crippen LogP contribution >= 0.6 is 12.4 Å². The Morgan fingerprint density at radius 3 is 2.41 bits per heavy atom. The molecule has 2 nitrogen and oxygen atoms in total. The van der Waals surface area contributed by atoms with Crippen molar-refractivity contribution in [1.82, 2.24) is 0 Å². The normalized spacial score (nSPS) is 50.1. The van der Waals surface area contributed by atoms with E-state index in [0.717, 1.165) is 41.9 Å². The van der Waals surface area contributed by atoms with Crippen LogP contribution in [0.1, 0.15) is 91.4 Å². The summed E-state index contributed by atoms with van der Waals surface area (Å²) in [5, 5.41) is 9.26. The Morgan fingerprint density at radius 1 is 0.963 bits per heavy atom. The second-order valence-corrected chi connectivity index (χ2v) is 11.3. The number of hydrogen-bond acceptors (Lipinski definition) is 2. The van der Waals surface area contributed by atoms with Crippen molar-refractivity contribution in [2.24, 2.45) is 52.1 Å². The molecule has 0 heterocycles. The number of hydrogen-bond donors (Lipinski definition) is 2. The van der Waals surface area contributed by atoms with Crippen LogP contribution in [-0.2, 0) is 0 Å². The zero-order valence-electron chi connectivity index (χ0n) is 18.0. The summed E-state index contributed by atoms with van der Waals surface area (Å²) in [7, 11) is 0. The number of aliphatic hydroxyl groups excluding tert-OH is 1. The highest BCUT2D eigenvalue weighted by atomic mass is 35.5. The fourth-order valence-corrected chi connectivity index (χ4v) is 8.88. The molecule has 4 aliphatic rings. The topological polar surface area (TPSA) is 46.2 Å². The van der Waals surface area contributed by atoms with E-state index in [2.05, 4.69) is 20.8 Å². The molecule has 0 aromatic carbocycles. The molecule has 0 radical (unpaired) electrons. The molecule has 0 aliphatic heterocycles. The van der Waals surface area contributed by atoms with Gasteiger partial charge in [0.25, 0.3) is 0 Å². The lowest BCUT2D eigenvalue weighted by Gasteiger charge is -2.61. The number of rotatable bonds is 4. The lowest BCUT2D eigenvalue weighted by Crippen LogP contribution is -2.54. The summed E-state index contributed by atoms with van der Waals surface area (Å²) in [5.74, 6) is 5.50. The van der Waals surface area contributed by atoms with Gasteiger partial charge in [-0.1, -0.05) is 20.8 Å². The third-order valence-corrected chi connectivity index (χ3v) is 10.3. The Bertz CT molecular complexity index is 513. The van der Waals surface area contributed by atoms with Crippen LogP contribution in [-0.4, -0.2) is 17.8 Å². The molecule has 3 N–H and O–H groups in total. The zero-order valence-corrected chi connectivity index (χ0v) is 18.8. The molecule has 4 fully saturated rings. The molecule has 0 amide bonds. The van der Waals surface area contributed by atoms with E-state index in [1.165, 1.54) is 64.2 Å². The molecule has 0 aromatic rings. The van der Waals surface area contributed by atoms with Crippen molar-refractivity contribution in [1.29, 1.82) is 0 Å². The minimum Gasteiger partial charge on any atom is -0.396 e. The third-order valence-electron chi connectivity index (χ3n) is 10.3. The number of nitrogens with two attached hydrogens (primary N) is 1. The van der Waals surface area contributed by atoms with E-state index < -0.39 is 0 Å². The first kappa shape index (κ1) is 21.9. The number of aliphatic hydroxyl groups is 1. The molecule has 4 saturated carbocycles. The monoisotopic (exact) mass is 397 g/mol. The van der Waals surface area contributed by atoms with E-state index in [4.69, 9.17) is 5.73 Å². The Morgan fingerprint density at radius 2 is 1.67 bits per heavy atom. The van der Waals surface area contributed by atoms with Crippen LogP contribution in [0.15, 0.2) is 0 Å². The minimum absolute atomic E-state index is 0. The lowest BCUT2D eigenvalue weighted by atomic mass is 9.44. The maximum atomic E-state index is 9.26. The van der Waals surface area contributed by atoms with Crippen molar-refractivity contribution in [2.45, 2.75) is 97.4 Å². The van der Waals surface area contributed by atoms with Gasteiger partial charge in [-0.15, -0.1) is 12.4 Å². The molecule has 0 spiro atoms. The number of halogens is 1. The fraction of sp³-hybridized carbons (Fsp3) is 1.00. The summed E-state index contributed by atoms with van der Waals surface area (Å²) < 4.78 is 0. The molecule has 3 heteroatoms. The summed E-state index contributed by atoms with van der Waals surface area (Å²) in [6.07, 6.45) is 14.9. The van der Waals surface area contributed by atoms with Gasteiger partial charge in [0, 0.05) is 12.6 Å². The highest BCUT2D eigenvalue weighted by Gasteiger charge is 2.60. The SMILES string of the molecule is C[C@H](CCCO)[C@H]1CC[C@H]2[C@@H]3CC[C@@H]4C[C@@H](N)CC[C@]4(C)[C@H]3CC[C@]12C.Cl. The van der Waals surface area contributed by atoms with Gasteiger partial charge in [-0.3, -0.25) is 0 Å². The maximum Gasteiger partial charge on any atom is 0.0431 e. The highest BCUT2D eigenvalue weighted by molar-refractivity contribution is 5.85. The molecule has 27 heavy (non-hydrogen) atoms. The smallest absolute Gasteiger partial charge is 0.0431 e. The van der Waals surface area contributed by atoms with Gasteiger partial charge in [0.1, 0.15) is 0 Å². The van der Waals surface area contributed by atoms with Gasteiger partial charge >= 0.3 is 0 Å². The van der Waals surface area contributed by atoms with E-state index in [1.54, 1.807) is 0 Å². The van der Waals surface area contributed by atoms with Crippen LogP contribution in [0, 0.1) is 46.3 Å². The Labute approximate surface area is 173 Å². The summed E-state index contributed by atoms with van der Waals surface area (Å²) in [5.41, 5.74) is 7.51. The third kappa shape index (κ3) is 3.50. The van der Waals surface area contributed by atoms with Gasteiger partial charge in [-0.05, 0) is 117 Å². The van der Waals surface area contributed by atoms with Crippen LogP contribution in [0.2, 0.25) is 0 Å². The Hall–Kier alpha value is 0.210. The molecular weight excluding hydrogens is 354 g/mol. The first-order valence-electron chi connectivity index (χ1n) is 11.8. The van der Waals surface area contributed by atoms with Crippen molar-refractivity contribution in [3.05, 3.63) is 0 Å².